The van der Waals surface area contributed by atoms with Crippen LogP contribution in [0, 0.1) is 0 Å². The number of hydrogen-bond donors (Lipinski definition) is 1. The molecule has 0 bridgehead atoms. The van der Waals surface area contributed by atoms with Crippen LogP contribution in [0.2, 0.25) is 0 Å². The Morgan fingerprint density at radius 3 is 2.48 bits per heavy atom. The minimum Gasteiger partial charge on any atom is -0.340 e. The number of benzene rings is 2. The topological polar surface area (TPSA) is 62.3 Å². The molecule has 4 rings (SSSR count). The van der Waals surface area contributed by atoms with Crippen molar-refractivity contribution in [3.8, 4) is 0 Å². The largest absolute Gasteiger partial charge is 0.340 e. The van der Waals surface area contributed by atoms with E-state index in [1.165, 1.54) is 17.3 Å². The molecule has 146 valence electrons. The Morgan fingerprint density at radius 1 is 0.966 bits per heavy atom. The number of nitrogens with zero attached hydrogens (tertiary/aromatic N) is 2. The molecule has 29 heavy (non-hydrogen) atoms. The van der Waals surface area contributed by atoms with Gasteiger partial charge in [0.1, 0.15) is 6.04 Å². The Balaban J connectivity index is 1.54. The van der Waals surface area contributed by atoms with Crippen LogP contribution in [0.5, 0.6) is 0 Å². The highest BCUT2D eigenvalue weighted by molar-refractivity contribution is 5.97. The van der Waals surface area contributed by atoms with Crippen LogP contribution < -0.4 is 5.32 Å². The third-order valence-electron chi connectivity index (χ3n) is 5.25. The predicted octanol–water partition coefficient (Wildman–Crippen LogP) is 3.01. The molecule has 0 radical (unpaired) electrons. The number of fused-ring (bicyclic) bond motifs is 1. The van der Waals surface area contributed by atoms with Crippen molar-refractivity contribution < 1.29 is 9.59 Å². The van der Waals surface area contributed by atoms with Gasteiger partial charge >= 0.3 is 0 Å². The van der Waals surface area contributed by atoms with Crippen LogP contribution in [0.3, 0.4) is 0 Å². The van der Waals surface area contributed by atoms with E-state index < -0.39 is 6.04 Å². The number of pyridine rings is 1. The smallest absolute Gasteiger partial charge is 0.253 e. The summed E-state index contributed by atoms with van der Waals surface area (Å²) in [4.78, 5) is 31.9. The van der Waals surface area contributed by atoms with Gasteiger partial charge < -0.3 is 10.2 Å². The van der Waals surface area contributed by atoms with Crippen LogP contribution in [-0.4, -0.2) is 34.3 Å². The van der Waals surface area contributed by atoms with Gasteiger partial charge in [0.15, 0.2) is 0 Å². The SMILES string of the molecule is O=C(N[C@@H](Cc1ccccc1)C(=O)N1CCc2ccccc2C1)c1cccnc1. The zero-order valence-corrected chi connectivity index (χ0v) is 16.1. The van der Waals surface area contributed by atoms with Crippen molar-refractivity contribution in [2.45, 2.75) is 25.4 Å². The molecule has 1 aliphatic heterocycles. The summed E-state index contributed by atoms with van der Waals surface area (Å²) in [6.07, 6.45) is 4.41. The molecule has 0 saturated carbocycles. The monoisotopic (exact) mass is 385 g/mol. The zero-order chi connectivity index (χ0) is 20.1. The lowest BCUT2D eigenvalue weighted by molar-refractivity contribution is -0.134. The van der Waals surface area contributed by atoms with Crippen molar-refractivity contribution >= 4 is 11.8 Å². The second-order valence-electron chi connectivity index (χ2n) is 7.24. The van der Waals surface area contributed by atoms with Crippen molar-refractivity contribution in [2.75, 3.05) is 6.54 Å². The van der Waals surface area contributed by atoms with E-state index in [1.807, 2.05) is 47.4 Å². The van der Waals surface area contributed by atoms with Crippen molar-refractivity contribution in [2.24, 2.45) is 0 Å². The van der Waals surface area contributed by atoms with Gasteiger partial charge in [0, 0.05) is 31.9 Å². The van der Waals surface area contributed by atoms with E-state index in [2.05, 4.69) is 22.4 Å². The summed E-state index contributed by atoms with van der Waals surface area (Å²) in [5, 5.41) is 2.93. The summed E-state index contributed by atoms with van der Waals surface area (Å²) in [7, 11) is 0. The Morgan fingerprint density at radius 2 is 1.72 bits per heavy atom. The first-order valence-corrected chi connectivity index (χ1v) is 9.81. The first-order valence-electron chi connectivity index (χ1n) is 9.81. The maximum atomic E-state index is 13.4. The first-order chi connectivity index (χ1) is 14.2. The lowest BCUT2D eigenvalue weighted by Crippen LogP contribution is -2.50. The molecule has 1 N–H and O–H groups in total. The number of carbonyl (C=O) groups excluding carboxylic acids is 2. The molecule has 0 spiro atoms. The molecule has 5 nitrogen and oxygen atoms in total. The normalized spacial score (nSPS) is 14.0. The minimum absolute atomic E-state index is 0.0550. The summed E-state index contributed by atoms with van der Waals surface area (Å²) >= 11 is 0. The third kappa shape index (κ3) is 4.51. The van der Waals surface area contributed by atoms with E-state index in [0.29, 0.717) is 25.1 Å². The fourth-order valence-electron chi connectivity index (χ4n) is 3.69. The molecule has 2 aromatic carbocycles. The summed E-state index contributed by atoms with van der Waals surface area (Å²) in [5.41, 5.74) is 3.91. The van der Waals surface area contributed by atoms with E-state index in [0.717, 1.165) is 12.0 Å². The Hall–Kier alpha value is -3.47. The summed E-state index contributed by atoms with van der Waals surface area (Å²) < 4.78 is 0. The molecule has 0 aliphatic carbocycles. The van der Waals surface area contributed by atoms with Crippen molar-refractivity contribution in [3.63, 3.8) is 0 Å². The minimum atomic E-state index is -0.629. The Labute approximate surface area is 170 Å². The van der Waals surface area contributed by atoms with Crippen LogP contribution in [0.1, 0.15) is 27.0 Å². The molecule has 2 amide bonds. The van der Waals surface area contributed by atoms with Gasteiger partial charge in [0.05, 0.1) is 5.56 Å². The molecule has 3 aromatic rings. The molecule has 0 fully saturated rings. The van der Waals surface area contributed by atoms with Gasteiger partial charge in [-0.15, -0.1) is 0 Å². The van der Waals surface area contributed by atoms with Gasteiger partial charge in [-0.2, -0.15) is 0 Å². The van der Waals surface area contributed by atoms with Crippen LogP contribution in [0.4, 0.5) is 0 Å². The highest BCUT2D eigenvalue weighted by Gasteiger charge is 2.29. The van der Waals surface area contributed by atoms with Crippen LogP contribution >= 0.6 is 0 Å². The summed E-state index contributed by atoms with van der Waals surface area (Å²) in [6, 6.07) is 20.8. The summed E-state index contributed by atoms with van der Waals surface area (Å²) in [5.74, 6) is -0.342. The predicted molar refractivity (Wildman–Crippen MR) is 111 cm³/mol. The van der Waals surface area contributed by atoms with E-state index in [4.69, 9.17) is 0 Å². The molecular weight excluding hydrogens is 362 g/mol. The highest BCUT2D eigenvalue weighted by Crippen LogP contribution is 2.20. The average Bonchev–Trinajstić information content (AvgIpc) is 2.79. The number of rotatable bonds is 5. The number of aromatic nitrogens is 1. The highest BCUT2D eigenvalue weighted by atomic mass is 16.2. The lowest BCUT2D eigenvalue weighted by Gasteiger charge is -2.32. The second-order valence-corrected chi connectivity index (χ2v) is 7.24. The van der Waals surface area contributed by atoms with E-state index >= 15 is 0 Å². The molecular formula is C24H23N3O2. The Bertz CT molecular complexity index is 989. The van der Waals surface area contributed by atoms with E-state index in [9.17, 15) is 9.59 Å². The molecule has 1 aliphatic rings. The van der Waals surface area contributed by atoms with Gasteiger partial charge in [-0.1, -0.05) is 54.6 Å². The quantitative estimate of drug-likeness (QED) is 0.734. The molecule has 1 aromatic heterocycles. The number of hydrogen-bond acceptors (Lipinski definition) is 3. The molecule has 2 heterocycles. The summed E-state index contributed by atoms with van der Waals surface area (Å²) in [6.45, 7) is 1.23. The van der Waals surface area contributed by atoms with Gasteiger partial charge in [-0.3, -0.25) is 14.6 Å². The second kappa shape index (κ2) is 8.69. The number of nitrogens with one attached hydrogen (secondary N) is 1. The molecule has 0 unspecified atom stereocenters. The van der Waals surface area contributed by atoms with Crippen molar-refractivity contribution in [1.29, 1.82) is 0 Å². The fourth-order valence-corrected chi connectivity index (χ4v) is 3.69. The van der Waals surface area contributed by atoms with Crippen molar-refractivity contribution in [1.82, 2.24) is 15.2 Å². The van der Waals surface area contributed by atoms with Gasteiger partial charge in [-0.05, 0) is 35.2 Å². The number of amides is 2. The zero-order valence-electron chi connectivity index (χ0n) is 16.1. The van der Waals surface area contributed by atoms with E-state index in [-0.39, 0.29) is 11.8 Å². The number of carbonyl (C=O) groups is 2. The van der Waals surface area contributed by atoms with E-state index in [1.54, 1.807) is 18.3 Å². The average molecular weight is 385 g/mol. The van der Waals surface area contributed by atoms with Gasteiger partial charge in [0.2, 0.25) is 5.91 Å². The van der Waals surface area contributed by atoms with Gasteiger partial charge in [0.25, 0.3) is 5.91 Å². The van der Waals surface area contributed by atoms with Crippen LogP contribution in [0.25, 0.3) is 0 Å². The van der Waals surface area contributed by atoms with Crippen molar-refractivity contribution in [3.05, 3.63) is 101 Å². The van der Waals surface area contributed by atoms with Crippen LogP contribution in [-0.2, 0) is 24.2 Å². The fraction of sp³-hybridized carbons (Fsp3) is 0.208. The maximum Gasteiger partial charge on any atom is 0.253 e. The molecule has 0 saturated heterocycles. The third-order valence-corrected chi connectivity index (χ3v) is 5.25. The first kappa shape index (κ1) is 18.9. The standard InChI is InChI=1S/C24H23N3O2/c28-23(20-11-6-13-25-16-20)26-22(15-18-7-2-1-3-8-18)24(29)27-14-12-19-9-4-5-10-21(19)17-27/h1-11,13,16,22H,12,14-15,17H2,(H,26,28)/t22-/m0/s1. The van der Waals surface area contributed by atoms with Crippen LogP contribution in [0.15, 0.2) is 79.1 Å². The van der Waals surface area contributed by atoms with Gasteiger partial charge in [-0.25, -0.2) is 0 Å². The molecule has 1 atom stereocenters. The Kier molecular flexibility index (Phi) is 5.66. The maximum absolute atomic E-state index is 13.4. The molecule has 5 heteroatoms. The lowest BCUT2D eigenvalue weighted by atomic mass is 9.98.